The van der Waals surface area contributed by atoms with Gasteiger partial charge in [-0.2, -0.15) is 11.3 Å². The quantitative estimate of drug-likeness (QED) is 0.798. The third kappa shape index (κ3) is 2.97. The fraction of sp³-hybridized carbons (Fsp3) is 0.438. The summed E-state index contributed by atoms with van der Waals surface area (Å²) in [5.41, 5.74) is 0.492. The van der Waals surface area contributed by atoms with Crippen LogP contribution in [0.1, 0.15) is 43.1 Å². The fourth-order valence-electron chi connectivity index (χ4n) is 2.65. The zero-order valence-electron chi connectivity index (χ0n) is 13.7. The molecule has 3 amide bonds. The first-order chi connectivity index (χ1) is 11.5. The van der Waals surface area contributed by atoms with Crippen molar-refractivity contribution in [3.05, 3.63) is 38.5 Å². The summed E-state index contributed by atoms with van der Waals surface area (Å²) in [6.45, 7) is 6.39. The molecule has 0 saturated carbocycles. The first-order valence-corrected chi connectivity index (χ1v) is 9.50. The molecular weight excluding hydrogens is 346 g/mol. The molecule has 24 heavy (non-hydrogen) atoms. The first kappa shape index (κ1) is 17.1. The Balaban J connectivity index is 1.76. The zero-order chi connectivity index (χ0) is 17.3. The highest BCUT2D eigenvalue weighted by atomic mass is 32.1. The molecule has 0 aromatic carbocycles. The van der Waals surface area contributed by atoms with E-state index in [9.17, 15) is 9.59 Å². The van der Waals surface area contributed by atoms with Crippen LogP contribution in [0.25, 0.3) is 0 Å². The van der Waals surface area contributed by atoms with Gasteiger partial charge in [-0.1, -0.05) is 0 Å². The number of aromatic nitrogens is 1. The van der Waals surface area contributed by atoms with Crippen LogP contribution >= 0.6 is 22.7 Å². The number of imide groups is 1. The zero-order valence-corrected chi connectivity index (χ0v) is 15.4. The summed E-state index contributed by atoms with van der Waals surface area (Å²) < 4.78 is 5.52. The van der Waals surface area contributed by atoms with Crippen molar-refractivity contribution in [3.63, 3.8) is 0 Å². The minimum Gasteiger partial charge on any atom is -0.372 e. The lowest BCUT2D eigenvalue weighted by Gasteiger charge is -2.20. The second-order valence-corrected chi connectivity index (χ2v) is 7.40. The molecule has 128 valence electrons. The van der Waals surface area contributed by atoms with Crippen molar-refractivity contribution in [2.75, 3.05) is 6.61 Å². The Hall–Kier alpha value is -1.77. The standard InChI is InChI=1S/C16H19N3O3S2/c1-4-22-10(2)13-17-12(9-24-13)7-19-14(20)16(3,18-15(19)21)11-5-6-23-8-11/h5-6,8-10H,4,7H2,1-3H3,(H,18,21). The SMILES string of the molecule is CCOC(C)c1nc(CN2C(=O)NC(C)(c3ccsc3)C2=O)cs1. The predicted molar refractivity (Wildman–Crippen MR) is 92.9 cm³/mol. The number of ether oxygens (including phenoxy) is 1. The van der Waals surface area contributed by atoms with Gasteiger partial charge in [-0.15, -0.1) is 11.3 Å². The Kier molecular flexibility index (Phi) is 4.71. The van der Waals surface area contributed by atoms with Crippen LogP contribution in [0.15, 0.2) is 22.2 Å². The van der Waals surface area contributed by atoms with E-state index in [-0.39, 0.29) is 24.6 Å². The summed E-state index contributed by atoms with van der Waals surface area (Å²) in [6.07, 6.45) is -0.0899. The molecule has 8 heteroatoms. The van der Waals surface area contributed by atoms with E-state index >= 15 is 0 Å². The van der Waals surface area contributed by atoms with Crippen LogP contribution in [0.2, 0.25) is 0 Å². The van der Waals surface area contributed by atoms with E-state index < -0.39 is 5.54 Å². The van der Waals surface area contributed by atoms with E-state index in [0.717, 1.165) is 10.6 Å². The van der Waals surface area contributed by atoms with Crippen molar-refractivity contribution in [2.45, 2.75) is 39.0 Å². The maximum atomic E-state index is 12.8. The molecule has 3 rings (SSSR count). The third-order valence-corrected chi connectivity index (χ3v) is 5.77. The molecule has 3 heterocycles. The number of thiazole rings is 1. The minimum atomic E-state index is -1.01. The molecule has 2 atom stereocenters. The molecular formula is C16H19N3O3S2. The summed E-state index contributed by atoms with van der Waals surface area (Å²) in [4.78, 5) is 30.8. The van der Waals surface area contributed by atoms with Crippen molar-refractivity contribution < 1.29 is 14.3 Å². The summed E-state index contributed by atoms with van der Waals surface area (Å²) in [7, 11) is 0. The molecule has 6 nitrogen and oxygen atoms in total. The van der Waals surface area contributed by atoms with Crippen LogP contribution in [0.4, 0.5) is 4.79 Å². The van der Waals surface area contributed by atoms with E-state index in [1.54, 1.807) is 6.92 Å². The second-order valence-electron chi connectivity index (χ2n) is 5.73. The van der Waals surface area contributed by atoms with Gasteiger partial charge in [0, 0.05) is 12.0 Å². The minimum absolute atomic E-state index is 0.0899. The van der Waals surface area contributed by atoms with Gasteiger partial charge in [0.15, 0.2) is 0 Å². The smallest absolute Gasteiger partial charge is 0.325 e. The van der Waals surface area contributed by atoms with Gasteiger partial charge < -0.3 is 10.1 Å². The predicted octanol–water partition coefficient (Wildman–Crippen LogP) is 3.27. The number of nitrogens with zero attached hydrogens (tertiary/aromatic N) is 2. The van der Waals surface area contributed by atoms with Gasteiger partial charge in [0.1, 0.15) is 16.7 Å². The van der Waals surface area contributed by atoms with Gasteiger partial charge >= 0.3 is 6.03 Å². The molecule has 0 bridgehead atoms. The second kappa shape index (κ2) is 6.62. The van der Waals surface area contributed by atoms with Crippen molar-refractivity contribution in [1.82, 2.24) is 15.2 Å². The number of amides is 3. The van der Waals surface area contributed by atoms with Gasteiger partial charge in [-0.05, 0) is 43.2 Å². The number of hydrogen-bond acceptors (Lipinski definition) is 6. The van der Waals surface area contributed by atoms with E-state index in [1.165, 1.54) is 27.6 Å². The average molecular weight is 365 g/mol. The van der Waals surface area contributed by atoms with Gasteiger partial charge in [0.25, 0.3) is 5.91 Å². The molecule has 2 aromatic heterocycles. The summed E-state index contributed by atoms with van der Waals surface area (Å²) in [5.74, 6) is -0.252. The van der Waals surface area contributed by atoms with Gasteiger partial charge in [-0.25, -0.2) is 9.78 Å². The van der Waals surface area contributed by atoms with Crippen molar-refractivity contribution in [3.8, 4) is 0 Å². The Bertz CT molecular complexity index is 744. The molecule has 2 aromatic rings. The Morgan fingerprint density at radius 3 is 2.88 bits per heavy atom. The molecule has 1 fully saturated rings. The highest BCUT2D eigenvalue weighted by Gasteiger charge is 2.49. The molecule has 1 aliphatic rings. The Morgan fingerprint density at radius 1 is 1.42 bits per heavy atom. The van der Waals surface area contributed by atoms with Crippen LogP contribution in [0.5, 0.6) is 0 Å². The lowest BCUT2D eigenvalue weighted by Crippen LogP contribution is -2.40. The number of carbonyl (C=O) groups is 2. The summed E-state index contributed by atoms with van der Waals surface area (Å²) >= 11 is 2.97. The topological polar surface area (TPSA) is 71.5 Å². The number of urea groups is 1. The van der Waals surface area contributed by atoms with Crippen LogP contribution in [0.3, 0.4) is 0 Å². The van der Waals surface area contributed by atoms with Crippen LogP contribution in [0, 0.1) is 0 Å². The van der Waals surface area contributed by atoms with E-state index in [4.69, 9.17) is 4.74 Å². The van der Waals surface area contributed by atoms with Gasteiger partial charge in [0.05, 0.1) is 12.2 Å². The van der Waals surface area contributed by atoms with Crippen molar-refractivity contribution in [2.24, 2.45) is 0 Å². The molecule has 1 saturated heterocycles. The van der Waals surface area contributed by atoms with Crippen LogP contribution in [-0.4, -0.2) is 28.4 Å². The molecule has 1 aliphatic heterocycles. The van der Waals surface area contributed by atoms with Crippen LogP contribution < -0.4 is 5.32 Å². The average Bonchev–Trinajstić information content (AvgIpc) is 3.26. The van der Waals surface area contributed by atoms with E-state index in [0.29, 0.717) is 12.3 Å². The molecule has 2 unspecified atom stereocenters. The number of carbonyl (C=O) groups excluding carboxylic acids is 2. The van der Waals surface area contributed by atoms with Gasteiger partial charge in [-0.3, -0.25) is 9.69 Å². The van der Waals surface area contributed by atoms with Crippen LogP contribution in [-0.2, 0) is 21.6 Å². The number of rotatable bonds is 6. The number of hydrogen-bond donors (Lipinski definition) is 1. The summed E-state index contributed by atoms with van der Waals surface area (Å²) in [5, 5.41) is 9.29. The highest BCUT2D eigenvalue weighted by Crippen LogP contribution is 2.31. The third-order valence-electron chi connectivity index (χ3n) is 4.03. The molecule has 0 radical (unpaired) electrons. The molecule has 0 aliphatic carbocycles. The molecule has 0 spiro atoms. The Morgan fingerprint density at radius 2 is 2.21 bits per heavy atom. The summed E-state index contributed by atoms with van der Waals surface area (Å²) in [6, 6.07) is 1.47. The first-order valence-electron chi connectivity index (χ1n) is 7.68. The molecule has 1 N–H and O–H groups in total. The fourth-order valence-corrected chi connectivity index (χ4v) is 4.23. The van der Waals surface area contributed by atoms with Crippen molar-refractivity contribution in [1.29, 1.82) is 0 Å². The van der Waals surface area contributed by atoms with E-state index in [2.05, 4.69) is 10.3 Å². The maximum absolute atomic E-state index is 12.8. The Labute approximate surface area is 148 Å². The maximum Gasteiger partial charge on any atom is 0.325 e. The number of thiophene rings is 1. The monoisotopic (exact) mass is 365 g/mol. The largest absolute Gasteiger partial charge is 0.372 e. The van der Waals surface area contributed by atoms with Gasteiger partial charge in [0.2, 0.25) is 0 Å². The highest BCUT2D eigenvalue weighted by molar-refractivity contribution is 7.09. The van der Waals surface area contributed by atoms with Crippen molar-refractivity contribution >= 4 is 34.6 Å². The lowest BCUT2D eigenvalue weighted by atomic mass is 9.95. The number of nitrogens with one attached hydrogen (secondary N) is 1. The lowest BCUT2D eigenvalue weighted by molar-refractivity contribution is -0.131. The van der Waals surface area contributed by atoms with E-state index in [1.807, 2.05) is 36.1 Å². The normalized spacial score (nSPS) is 22.0.